The predicted molar refractivity (Wildman–Crippen MR) is 126 cm³/mol. The first-order valence-electron chi connectivity index (χ1n) is 9.46. The summed E-state index contributed by atoms with van der Waals surface area (Å²) >= 11 is 6.87. The van der Waals surface area contributed by atoms with Gasteiger partial charge in [-0.15, -0.1) is 0 Å². The molecule has 0 N–H and O–H groups in total. The van der Waals surface area contributed by atoms with Crippen molar-refractivity contribution in [1.29, 1.82) is 0 Å². The van der Waals surface area contributed by atoms with Crippen molar-refractivity contribution in [3.8, 4) is 11.5 Å². The van der Waals surface area contributed by atoms with Gasteiger partial charge < -0.3 is 14.2 Å². The molecule has 3 aromatic carbocycles. The van der Waals surface area contributed by atoms with Gasteiger partial charge in [-0.25, -0.2) is 14.2 Å². The van der Waals surface area contributed by atoms with Crippen LogP contribution in [0.2, 0.25) is 0 Å². The smallest absolute Gasteiger partial charge is 0.363 e. The molecule has 3 aromatic rings. The third kappa shape index (κ3) is 5.08. The fourth-order valence-electron chi connectivity index (χ4n) is 2.98. The molecule has 162 valence electrons. The highest BCUT2D eigenvalue weighted by Gasteiger charge is 2.24. The van der Waals surface area contributed by atoms with Gasteiger partial charge in [0.15, 0.2) is 17.2 Å². The molecule has 1 heterocycles. The number of carbonyl (C=O) groups is 1. The Kier molecular flexibility index (Phi) is 6.72. The van der Waals surface area contributed by atoms with Gasteiger partial charge in [0.1, 0.15) is 12.4 Å². The first kappa shape index (κ1) is 22.2. The zero-order valence-corrected chi connectivity index (χ0v) is 19.9. The van der Waals surface area contributed by atoms with Gasteiger partial charge in [0.25, 0.3) is 0 Å². The van der Waals surface area contributed by atoms with E-state index < -0.39 is 5.97 Å². The normalized spacial score (nSPS) is 14.3. The molecule has 0 amide bonds. The van der Waals surface area contributed by atoms with E-state index in [1.807, 2.05) is 24.3 Å². The number of rotatable bonds is 6. The average Bonchev–Trinajstić information content (AvgIpc) is 3.14. The second-order valence-corrected chi connectivity index (χ2v) is 8.56. The monoisotopic (exact) mass is 559 g/mol. The topological polar surface area (TPSA) is 57.1 Å². The van der Waals surface area contributed by atoms with E-state index in [1.54, 1.807) is 30.3 Å². The minimum Gasteiger partial charge on any atom is -0.493 e. The highest BCUT2D eigenvalue weighted by Crippen LogP contribution is 2.38. The molecule has 8 heteroatoms. The second-order valence-electron chi connectivity index (χ2n) is 6.79. The van der Waals surface area contributed by atoms with Crippen LogP contribution in [-0.4, -0.2) is 19.0 Å². The number of cyclic esters (lactones) is 1. The molecule has 0 radical (unpaired) electrons. The minimum absolute atomic E-state index is 0.178. The van der Waals surface area contributed by atoms with Gasteiger partial charge in [0, 0.05) is 10.0 Å². The van der Waals surface area contributed by atoms with Crippen LogP contribution in [0, 0.1) is 5.82 Å². The van der Waals surface area contributed by atoms with Crippen LogP contribution in [0.15, 0.2) is 80.3 Å². The van der Waals surface area contributed by atoms with Crippen molar-refractivity contribution < 1.29 is 23.4 Å². The predicted octanol–water partition coefficient (Wildman–Crippen LogP) is 6.28. The lowest BCUT2D eigenvalue weighted by molar-refractivity contribution is -0.129. The zero-order chi connectivity index (χ0) is 22.7. The minimum atomic E-state index is -0.533. The van der Waals surface area contributed by atoms with Crippen LogP contribution in [0.25, 0.3) is 6.08 Å². The van der Waals surface area contributed by atoms with Crippen molar-refractivity contribution in [2.24, 2.45) is 4.99 Å². The van der Waals surface area contributed by atoms with Gasteiger partial charge in [-0.1, -0.05) is 28.1 Å². The average molecular weight is 561 g/mol. The largest absolute Gasteiger partial charge is 0.493 e. The SMILES string of the molecule is COc1cc(/C=C2\N=C(c3ccc(Br)cc3)OC2=O)cc(Br)c1OCc1ccc(F)cc1. The Morgan fingerprint density at radius 3 is 2.47 bits per heavy atom. The molecule has 0 aromatic heterocycles. The Morgan fingerprint density at radius 2 is 1.78 bits per heavy atom. The molecule has 0 bridgehead atoms. The first-order chi connectivity index (χ1) is 15.4. The van der Waals surface area contributed by atoms with Gasteiger partial charge in [-0.3, -0.25) is 0 Å². The number of benzene rings is 3. The molecule has 1 aliphatic rings. The molecule has 5 nitrogen and oxygen atoms in total. The number of aliphatic imine (C=N–C) groups is 1. The van der Waals surface area contributed by atoms with Crippen LogP contribution in [0.4, 0.5) is 4.39 Å². The fraction of sp³-hybridized carbons (Fsp3) is 0.0833. The van der Waals surface area contributed by atoms with Gasteiger partial charge in [-0.2, -0.15) is 0 Å². The summed E-state index contributed by atoms with van der Waals surface area (Å²) in [4.78, 5) is 16.6. The Morgan fingerprint density at radius 1 is 1.06 bits per heavy atom. The highest BCUT2D eigenvalue weighted by atomic mass is 79.9. The summed E-state index contributed by atoms with van der Waals surface area (Å²) in [6.07, 6.45) is 1.62. The molecule has 0 aliphatic carbocycles. The van der Waals surface area contributed by atoms with E-state index in [0.717, 1.165) is 10.0 Å². The number of ether oxygens (including phenoxy) is 3. The summed E-state index contributed by atoms with van der Waals surface area (Å²) in [5.74, 6) is 0.374. The van der Waals surface area contributed by atoms with Crippen molar-refractivity contribution in [2.75, 3.05) is 7.11 Å². The van der Waals surface area contributed by atoms with Crippen LogP contribution >= 0.6 is 31.9 Å². The van der Waals surface area contributed by atoms with Crippen molar-refractivity contribution in [3.05, 3.63) is 97.8 Å². The number of esters is 1. The maximum absolute atomic E-state index is 13.1. The van der Waals surface area contributed by atoms with Crippen molar-refractivity contribution >= 4 is 49.8 Å². The lowest BCUT2D eigenvalue weighted by atomic mass is 10.1. The van der Waals surface area contributed by atoms with Crippen molar-refractivity contribution in [2.45, 2.75) is 6.61 Å². The third-order valence-electron chi connectivity index (χ3n) is 4.56. The van der Waals surface area contributed by atoms with Crippen molar-refractivity contribution in [1.82, 2.24) is 0 Å². The Labute approximate surface area is 200 Å². The van der Waals surface area contributed by atoms with Gasteiger partial charge in [-0.05, 0) is 81.7 Å². The van der Waals surface area contributed by atoms with Gasteiger partial charge >= 0.3 is 5.97 Å². The van der Waals surface area contributed by atoms with E-state index in [2.05, 4.69) is 36.9 Å². The lowest BCUT2D eigenvalue weighted by Crippen LogP contribution is -2.05. The molecule has 0 atom stereocenters. The molecule has 4 rings (SSSR count). The van der Waals surface area contributed by atoms with Gasteiger partial charge in [0.2, 0.25) is 5.90 Å². The Bertz CT molecular complexity index is 1220. The number of methoxy groups -OCH3 is 1. The van der Waals surface area contributed by atoms with E-state index in [1.165, 1.54) is 19.2 Å². The van der Waals surface area contributed by atoms with E-state index in [4.69, 9.17) is 14.2 Å². The number of halogens is 3. The molecular weight excluding hydrogens is 545 g/mol. The van der Waals surface area contributed by atoms with Crippen LogP contribution in [0.5, 0.6) is 11.5 Å². The molecule has 0 spiro atoms. The summed E-state index contributed by atoms with van der Waals surface area (Å²) in [7, 11) is 1.52. The van der Waals surface area contributed by atoms with Crippen LogP contribution in [0.3, 0.4) is 0 Å². The Hall–Kier alpha value is -2.97. The molecule has 32 heavy (non-hydrogen) atoms. The fourth-order valence-corrected chi connectivity index (χ4v) is 3.82. The highest BCUT2D eigenvalue weighted by molar-refractivity contribution is 9.10. The number of nitrogens with zero attached hydrogens (tertiary/aromatic N) is 1. The summed E-state index contributed by atoms with van der Waals surface area (Å²) in [6.45, 7) is 0.239. The molecule has 0 unspecified atom stereocenters. The molecular formula is C24H16Br2FNO4. The number of carbonyl (C=O) groups excluding carboxylic acids is 1. The second kappa shape index (κ2) is 9.67. The quantitative estimate of drug-likeness (QED) is 0.263. The zero-order valence-electron chi connectivity index (χ0n) is 16.8. The summed E-state index contributed by atoms with van der Waals surface area (Å²) in [5, 5.41) is 0. The van der Waals surface area contributed by atoms with E-state index in [9.17, 15) is 9.18 Å². The first-order valence-corrected chi connectivity index (χ1v) is 11.0. The molecule has 0 saturated heterocycles. The summed E-state index contributed by atoms with van der Waals surface area (Å²) in [5.41, 5.74) is 2.37. The Balaban J connectivity index is 1.58. The number of hydrogen-bond acceptors (Lipinski definition) is 5. The van der Waals surface area contributed by atoms with E-state index in [0.29, 0.717) is 27.1 Å². The molecule has 0 saturated carbocycles. The molecule has 0 fully saturated rings. The van der Waals surface area contributed by atoms with Crippen LogP contribution in [-0.2, 0) is 16.1 Å². The van der Waals surface area contributed by atoms with Crippen LogP contribution < -0.4 is 9.47 Å². The maximum Gasteiger partial charge on any atom is 0.363 e. The van der Waals surface area contributed by atoms with Crippen molar-refractivity contribution in [3.63, 3.8) is 0 Å². The molecule has 1 aliphatic heterocycles. The summed E-state index contributed by atoms with van der Waals surface area (Å²) in [6, 6.07) is 16.9. The van der Waals surface area contributed by atoms with E-state index >= 15 is 0 Å². The lowest BCUT2D eigenvalue weighted by Gasteiger charge is -2.13. The maximum atomic E-state index is 13.1. The van der Waals surface area contributed by atoms with Crippen LogP contribution in [0.1, 0.15) is 16.7 Å². The third-order valence-corrected chi connectivity index (χ3v) is 5.68. The standard InChI is InChI=1S/C24H16Br2FNO4/c1-30-21-12-15(10-19(26)22(21)31-13-14-2-8-18(27)9-3-14)11-20-24(29)32-23(28-20)16-4-6-17(25)7-5-16/h2-12H,13H2,1H3/b20-11-. The van der Waals surface area contributed by atoms with E-state index in [-0.39, 0.29) is 24.0 Å². The van der Waals surface area contributed by atoms with Gasteiger partial charge in [0.05, 0.1) is 11.6 Å². The summed E-state index contributed by atoms with van der Waals surface area (Å²) < 4.78 is 31.3. The number of hydrogen-bond donors (Lipinski definition) is 0.